The number of halogens is 1. The van der Waals surface area contributed by atoms with Gasteiger partial charge in [-0.25, -0.2) is 22.6 Å². The second kappa shape index (κ2) is 8.23. The van der Waals surface area contributed by atoms with Gasteiger partial charge in [0.15, 0.2) is 15.0 Å². The van der Waals surface area contributed by atoms with Crippen molar-refractivity contribution in [3.05, 3.63) is 71.2 Å². The van der Waals surface area contributed by atoms with Crippen LogP contribution in [-0.4, -0.2) is 24.4 Å². The van der Waals surface area contributed by atoms with Gasteiger partial charge in [0.2, 0.25) is 0 Å². The third kappa shape index (κ3) is 5.31. The van der Waals surface area contributed by atoms with E-state index >= 15 is 0 Å². The van der Waals surface area contributed by atoms with Crippen molar-refractivity contribution in [3.63, 3.8) is 0 Å². The molecule has 1 aromatic carbocycles. The zero-order chi connectivity index (χ0) is 19.3. The number of carbonyl (C=O) groups excluding carboxylic acids is 1. The van der Waals surface area contributed by atoms with Gasteiger partial charge in [-0.3, -0.25) is 10.3 Å². The average Bonchev–Trinajstić information content (AvgIpc) is 3.07. The topological polar surface area (TPSA) is 101 Å². The molecule has 0 saturated heterocycles. The van der Waals surface area contributed by atoms with Crippen molar-refractivity contribution in [2.75, 3.05) is 5.32 Å². The highest BCUT2D eigenvalue weighted by atomic mass is 32.2. The minimum Gasteiger partial charge on any atom is -0.334 e. The van der Waals surface area contributed by atoms with Gasteiger partial charge in [0.1, 0.15) is 5.82 Å². The van der Waals surface area contributed by atoms with Crippen LogP contribution in [0.5, 0.6) is 0 Å². The molecule has 2 aromatic heterocycles. The van der Waals surface area contributed by atoms with Crippen LogP contribution in [0.1, 0.15) is 11.3 Å². The van der Waals surface area contributed by atoms with Crippen LogP contribution >= 0.6 is 11.3 Å². The van der Waals surface area contributed by atoms with Gasteiger partial charge in [-0.1, -0.05) is 12.1 Å². The molecule has 0 aliphatic rings. The zero-order valence-electron chi connectivity index (χ0n) is 13.9. The van der Waals surface area contributed by atoms with Crippen LogP contribution in [-0.2, 0) is 22.1 Å². The first-order valence-corrected chi connectivity index (χ1v) is 10.3. The van der Waals surface area contributed by atoms with Gasteiger partial charge >= 0.3 is 6.03 Å². The summed E-state index contributed by atoms with van der Waals surface area (Å²) in [5, 5.41) is 6.94. The van der Waals surface area contributed by atoms with Gasteiger partial charge in [-0.15, -0.1) is 11.3 Å². The summed E-state index contributed by atoms with van der Waals surface area (Å²) in [6, 6.07) is 8.38. The molecule has 0 aliphatic heterocycles. The van der Waals surface area contributed by atoms with Crippen molar-refractivity contribution in [1.82, 2.24) is 15.3 Å². The minimum absolute atomic E-state index is 0.111. The van der Waals surface area contributed by atoms with E-state index in [4.69, 9.17) is 0 Å². The van der Waals surface area contributed by atoms with Crippen molar-refractivity contribution in [2.45, 2.75) is 17.2 Å². The second-order valence-electron chi connectivity index (χ2n) is 5.53. The van der Waals surface area contributed by atoms with E-state index in [1.54, 1.807) is 23.6 Å². The van der Waals surface area contributed by atoms with Gasteiger partial charge < -0.3 is 5.32 Å². The summed E-state index contributed by atoms with van der Waals surface area (Å²) in [6.07, 6.45) is 2.77. The van der Waals surface area contributed by atoms with Crippen LogP contribution in [0.2, 0.25) is 0 Å². The summed E-state index contributed by atoms with van der Waals surface area (Å²) in [6.45, 7) is 0.150. The molecule has 2 N–H and O–H groups in total. The Morgan fingerprint density at radius 1 is 1.22 bits per heavy atom. The number of sulfone groups is 1. The minimum atomic E-state index is -3.56. The standard InChI is InChI=1S/C17H15FN4O3S2/c18-13-4-1-3-12(7-13)8-20-16(23)22-17-21-14(10-26-17)11-27(24,25)15-5-2-6-19-9-15/h1-7,9-10H,8,11H2,(H2,20,21,22,23). The third-order valence-corrected chi connectivity index (χ3v) is 5.89. The Hall–Kier alpha value is -2.85. The number of carbonyl (C=O) groups is 1. The Morgan fingerprint density at radius 3 is 2.81 bits per heavy atom. The molecule has 2 amide bonds. The number of nitrogens with one attached hydrogen (secondary N) is 2. The van der Waals surface area contributed by atoms with Gasteiger partial charge in [-0.2, -0.15) is 0 Å². The Labute approximate surface area is 159 Å². The first-order valence-electron chi connectivity index (χ1n) is 7.79. The molecule has 0 spiro atoms. The predicted octanol–water partition coefficient (Wildman–Crippen LogP) is 2.97. The second-order valence-corrected chi connectivity index (χ2v) is 8.38. The molecule has 3 rings (SSSR count). The SMILES string of the molecule is O=C(NCc1cccc(F)c1)Nc1nc(CS(=O)(=O)c2cccnc2)cs1. The van der Waals surface area contributed by atoms with E-state index in [2.05, 4.69) is 20.6 Å². The number of anilines is 1. The molecule has 0 bridgehead atoms. The van der Waals surface area contributed by atoms with Crippen molar-refractivity contribution in [3.8, 4) is 0 Å². The number of amides is 2. The van der Waals surface area contributed by atoms with Gasteiger partial charge in [0.05, 0.1) is 16.3 Å². The van der Waals surface area contributed by atoms with Crippen LogP contribution in [0.3, 0.4) is 0 Å². The van der Waals surface area contributed by atoms with Crippen LogP contribution < -0.4 is 10.6 Å². The lowest BCUT2D eigenvalue weighted by Crippen LogP contribution is -2.28. The largest absolute Gasteiger partial charge is 0.334 e. The summed E-state index contributed by atoms with van der Waals surface area (Å²) in [5.41, 5.74) is 0.942. The Kier molecular flexibility index (Phi) is 5.77. The zero-order valence-corrected chi connectivity index (χ0v) is 15.6. The number of hydrogen-bond donors (Lipinski definition) is 2. The van der Waals surface area contributed by atoms with Crippen LogP contribution in [0.4, 0.5) is 14.3 Å². The fourth-order valence-electron chi connectivity index (χ4n) is 2.21. The van der Waals surface area contributed by atoms with Crippen LogP contribution in [0, 0.1) is 5.82 Å². The summed E-state index contributed by atoms with van der Waals surface area (Å²) >= 11 is 1.11. The number of aromatic nitrogens is 2. The molecule has 3 aromatic rings. The lowest BCUT2D eigenvalue weighted by atomic mass is 10.2. The van der Waals surface area contributed by atoms with E-state index in [-0.39, 0.29) is 28.1 Å². The molecule has 7 nitrogen and oxygen atoms in total. The highest BCUT2D eigenvalue weighted by Crippen LogP contribution is 2.20. The maximum Gasteiger partial charge on any atom is 0.321 e. The lowest BCUT2D eigenvalue weighted by Gasteiger charge is -2.05. The van der Waals surface area contributed by atoms with Crippen molar-refractivity contribution in [1.29, 1.82) is 0 Å². The van der Waals surface area contributed by atoms with Crippen molar-refractivity contribution >= 4 is 32.3 Å². The number of nitrogens with zero attached hydrogens (tertiary/aromatic N) is 2. The molecule has 0 saturated carbocycles. The number of hydrogen-bond acceptors (Lipinski definition) is 6. The van der Waals surface area contributed by atoms with E-state index in [0.29, 0.717) is 11.3 Å². The molecule has 0 radical (unpaired) electrons. The van der Waals surface area contributed by atoms with Crippen molar-refractivity contribution < 1.29 is 17.6 Å². The Bertz CT molecular complexity index is 1040. The van der Waals surface area contributed by atoms with Gasteiger partial charge in [0.25, 0.3) is 0 Å². The molecule has 27 heavy (non-hydrogen) atoms. The highest BCUT2D eigenvalue weighted by Gasteiger charge is 2.18. The molecule has 2 heterocycles. The Morgan fingerprint density at radius 2 is 2.07 bits per heavy atom. The van der Waals surface area contributed by atoms with E-state index in [1.807, 2.05) is 0 Å². The van der Waals surface area contributed by atoms with E-state index in [9.17, 15) is 17.6 Å². The average molecular weight is 406 g/mol. The number of rotatable bonds is 6. The van der Waals surface area contributed by atoms with Crippen molar-refractivity contribution in [2.24, 2.45) is 0 Å². The number of urea groups is 1. The van der Waals surface area contributed by atoms with E-state index in [0.717, 1.165) is 11.3 Å². The maximum atomic E-state index is 13.1. The molecule has 0 atom stereocenters. The number of pyridine rings is 1. The van der Waals surface area contributed by atoms with Crippen LogP contribution in [0.25, 0.3) is 0 Å². The van der Waals surface area contributed by atoms with E-state index in [1.165, 1.54) is 30.6 Å². The fourth-order valence-corrected chi connectivity index (χ4v) is 4.23. The molecule has 0 fully saturated rings. The summed E-state index contributed by atoms with van der Waals surface area (Å²) < 4.78 is 37.7. The summed E-state index contributed by atoms with van der Waals surface area (Å²) in [5.74, 6) is -0.670. The number of thiazole rings is 1. The number of benzene rings is 1. The smallest absolute Gasteiger partial charge is 0.321 e. The normalized spacial score (nSPS) is 11.1. The maximum absolute atomic E-state index is 13.1. The molecule has 140 valence electrons. The fraction of sp³-hybridized carbons (Fsp3) is 0.118. The van der Waals surface area contributed by atoms with E-state index < -0.39 is 15.9 Å². The molecular formula is C17H15FN4O3S2. The molecular weight excluding hydrogens is 391 g/mol. The monoisotopic (exact) mass is 406 g/mol. The molecule has 10 heteroatoms. The predicted molar refractivity (Wildman–Crippen MR) is 99.5 cm³/mol. The quantitative estimate of drug-likeness (QED) is 0.655. The van der Waals surface area contributed by atoms with Crippen LogP contribution in [0.15, 0.2) is 59.1 Å². The molecule has 0 aliphatic carbocycles. The summed E-state index contributed by atoms with van der Waals surface area (Å²) in [4.78, 5) is 19.9. The Balaban J connectivity index is 1.57. The summed E-state index contributed by atoms with van der Waals surface area (Å²) in [7, 11) is -3.56. The molecule has 0 unspecified atom stereocenters. The highest BCUT2D eigenvalue weighted by molar-refractivity contribution is 7.90. The third-order valence-electron chi connectivity index (χ3n) is 3.45. The first-order chi connectivity index (χ1) is 12.9. The lowest BCUT2D eigenvalue weighted by molar-refractivity contribution is 0.251. The first kappa shape index (κ1) is 18.9. The van der Waals surface area contributed by atoms with Gasteiger partial charge in [-0.05, 0) is 29.8 Å². The van der Waals surface area contributed by atoms with Gasteiger partial charge in [0, 0.05) is 24.3 Å².